The number of allylic oxidation sites excluding steroid dienone is 4. The summed E-state index contributed by atoms with van der Waals surface area (Å²) in [6.45, 7) is 6.35. The molecule has 0 spiro atoms. The van der Waals surface area contributed by atoms with Crippen molar-refractivity contribution >= 4 is 10.8 Å². The van der Waals surface area contributed by atoms with Gasteiger partial charge in [0.15, 0.2) is 0 Å². The molecule has 22 heavy (non-hydrogen) atoms. The van der Waals surface area contributed by atoms with E-state index < -0.39 is 0 Å². The summed E-state index contributed by atoms with van der Waals surface area (Å²) in [5, 5.41) is 21.8. The van der Waals surface area contributed by atoms with Crippen LogP contribution in [0, 0.1) is 0 Å². The molecule has 0 aliphatic carbocycles. The quantitative estimate of drug-likeness (QED) is 0.717. The summed E-state index contributed by atoms with van der Waals surface area (Å²) >= 11 is 0. The van der Waals surface area contributed by atoms with Gasteiger partial charge in [0.25, 0.3) is 0 Å². The average molecular weight is 296 g/mol. The van der Waals surface area contributed by atoms with Crippen LogP contribution in [0.5, 0.6) is 11.5 Å². The maximum atomic E-state index is 10.1. The van der Waals surface area contributed by atoms with E-state index in [1.54, 1.807) is 18.2 Å². The van der Waals surface area contributed by atoms with Crippen LogP contribution in [-0.4, -0.2) is 10.2 Å². The van der Waals surface area contributed by atoms with Gasteiger partial charge in [0.1, 0.15) is 11.5 Å². The Hall–Kier alpha value is -2.22. The molecule has 2 aromatic carbocycles. The molecular formula is C20H24O2. The van der Waals surface area contributed by atoms with Gasteiger partial charge in [0.05, 0.1) is 0 Å². The fraction of sp³-hybridized carbons (Fsp3) is 0.300. The molecule has 0 atom stereocenters. The minimum atomic E-state index is 0.253. The van der Waals surface area contributed by atoms with Gasteiger partial charge in [-0.05, 0) is 63.6 Å². The Morgan fingerprint density at radius 1 is 0.909 bits per heavy atom. The molecule has 2 nitrogen and oxygen atoms in total. The second-order valence-corrected chi connectivity index (χ2v) is 6.01. The topological polar surface area (TPSA) is 40.5 Å². The summed E-state index contributed by atoms with van der Waals surface area (Å²) in [6, 6.07) is 8.84. The SMILES string of the molecule is CC(C)=CCCC(C)=CCc1c(O)ccc2c(O)cccc12. The molecule has 0 saturated carbocycles. The molecule has 0 amide bonds. The van der Waals surface area contributed by atoms with Crippen LogP contribution in [0.2, 0.25) is 0 Å². The standard InChI is InChI=1S/C20H24O2/c1-14(2)6-4-7-15(3)10-11-17-16-8-5-9-19(21)18(16)12-13-20(17)22/h5-6,8-10,12-13,21-22H,4,7,11H2,1-3H3. The van der Waals surface area contributed by atoms with E-state index in [0.29, 0.717) is 6.42 Å². The number of hydrogen-bond acceptors (Lipinski definition) is 2. The lowest BCUT2D eigenvalue weighted by Gasteiger charge is -2.09. The minimum absolute atomic E-state index is 0.253. The maximum Gasteiger partial charge on any atom is 0.123 e. The molecule has 116 valence electrons. The van der Waals surface area contributed by atoms with Gasteiger partial charge in [0.2, 0.25) is 0 Å². The molecule has 0 fully saturated rings. The third-order valence-electron chi connectivity index (χ3n) is 3.87. The van der Waals surface area contributed by atoms with Gasteiger partial charge < -0.3 is 10.2 Å². The summed E-state index contributed by atoms with van der Waals surface area (Å²) in [6.07, 6.45) is 7.16. The molecule has 2 rings (SSSR count). The lowest BCUT2D eigenvalue weighted by Crippen LogP contribution is -1.88. The van der Waals surface area contributed by atoms with E-state index in [1.165, 1.54) is 11.1 Å². The van der Waals surface area contributed by atoms with Crippen molar-refractivity contribution in [1.29, 1.82) is 0 Å². The molecular weight excluding hydrogens is 272 g/mol. The van der Waals surface area contributed by atoms with Crippen LogP contribution in [0.15, 0.2) is 53.6 Å². The van der Waals surface area contributed by atoms with Crippen LogP contribution in [-0.2, 0) is 6.42 Å². The lowest BCUT2D eigenvalue weighted by molar-refractivity contribution is 0.470. The van der Waals surface area contributed by atoms with Crippen LogP contribution in [0.25, 0.3) is 10.8 Å². The third kappa shape index (κ3) is 3.91. The number of hydrogen-bond donors (Lipinski definition) is 2. The predicted molar refractivity (Wildman–Crippen MR) is 93.4 cm³/mol. The summed E-state index contributed by atoms with van der Waals surface area (Å²) in [4.78, 5) is 0. The lowest BCUT2D eigenvalue weighted by atomic mass is 9.99. The fourth-order valence-corrected chi connectivity index (χ4v) is 2.57. The highest BCUT2D eigenvalue weighted by molar-refractivity contribution is 5.92. The van der Waals surface area contributed by atoms with Crippen molar-refractivity contribution in [3.05, 3.63) is 59.2 Å². The van der Waals surface area contributed by atoms with Crippen molar-refractivity contribution in [1.82, 2.24) is 0 Å². The summed E-state index contributed by atoms with van der Waals surface area (Å²) in [5.41, 5.74) is 3.53. The van der Waals surface area contributed by atoms with Gasteiger partial charge in [-0.25, -0.2) is 0 Å². The van der Waals surface area contributed by atoms with Crippen molar-refractivity contribution in [2.24, 2.45) is 0 Å². The van der Waals surface area contributed by atoms with E-state index in [4.69, 9.17) is 0 Å². The van der Waals surface area contributed by atoms with E-state index in [-0.39, 0.29) is 11.5 Å². The maximum absolute atomic E-state index is 10.1. The van der Waals surface area contributed by atoms with Gasteiger partial charge in [-0.2, -0.15) is 0 Å². The minimum Gasteiger partial charge on any atom is -0.508 e. The van der Waals surface area contributed by atoms with Crippen molar-refractivity contribution in [2.45, 2.75) is 40.0 Å². The molecule has 0 heterocycles. The zero-order valence-corrected chi connectivity index (χ0v) is 13.6. The van der Waals surface area contributed by atoms with Gasteiger partial charge >= 0.3 is 0 Å². The van der Waals surface area contributed by atoms with Crippen LogP contribution >= 0.6 is 0 Å². The number of benzene rings is 2. The van der Waals surface area contributed by atoms with Crippen molar-refractivity contribution in [2.75, 3.05) is 0 Å². The van der Waals surface area contributed by atoms with Crippen molar-refractivity contribution in [3.63, 3.8) is 0 Å². The number of rotatable bonds is 5. The van der Waals surface area contributed by atoms with Crippen LogP contribution in [0.1, 0.15) is 39.2 Å². The highest BCUT2D eigenvalue weighted by atomic mass is 16.3. The summed E-state index contributed by atoms with van der Waals surface area (Å²) < 4.78 is 0. The number of phenols is 2. The molecule has 2 heteroatoms. The number of aromatic hydroxyl groups is 2. The second-order valence-electron chi connectivity index (χ2n) is 6.01. The Balaban J connectivity index is 2.22. The van der Waals surface area contributed by atoms with Crippen LogP contribution in [0.4, 0.5) is 0 Å². The fourth-order valence-electron chi connectivity index (χ4n) is 2.57. The molecule has 0 aromatic heterocycles. The first kappa shape index (κ1) is 16.2. The smallest absolute Gasteiger partial charge is 0.123 e. The normalized spacial score (nSPS) is 11.7. The first-order chi connectivity index (χ1) is 10.5. The predicted octanol–water partition coefficient (Wildman–Crippen LogP) is 5.49. The van der Waals surface area contributed by atoms with E-state index >= 15 is 0 Å². The molecule has 0 aliphatic rings. The largest absolute Gasteiger partial charge is 0.508 e. The molecule has 0 saturated heterocycles. The second kappa shape index (κ2) is 7.17. The first-order valence-corrected chi connectivity index (χ1v) is 7.70. The molecule has 0 radical (unpaired) electrons. The Morgan fingerprint density at radius 2 is 1.68 bits per heavy atom. The molecule has 0 unspecified atom stereocenters. The molecule has 0 bridgehead atoms. The zero-order valence-electron chi connectivity index (χ0n) is 13.6. The summed E-state index contributed by atoms with van der Waals surface area (Å²) in [7, 11) is 0. The first-order valence-electron chi connectivity index (χ1n) is 7.70. The number of fused-ring (bicyclic) bond motifs is 1. The Morgan fingerprint density at radius 3 is 2.41 bits per heavy atom. The van der Waals surface area contributed by atoms with E-state index in [0.717, 1.165) is 29.2 Å². The highest BCUT2D eigenvalue weighted by Crippen LogP contribution is 2.32. The van der Waals surface area contributed by atoms with Crippen molar-refractivity contribution < 1.29 is 10.2 Å². The monoisotopic (exact) mass is 296 g/mol. The Bertz CT molecular complexity index is 720. The third-order valence-corrected chi connectivity index (χ3v) is 3.87. The van der Waals surface area contributed by atoms with Crippen molar-refractivity contribution in [3.8, 4) is 11.5 Å². The van der Waals surface area contributed by atoms with E-state index in [2.05, 4.69) is 32.9 Å². The van der Waals surface area contributed by atoms with Gasteiger partial charge in [-0.15, -0.1) is 0 Å². The van der Waals surface area contributed by atoms with Gasteiger partial charge in [0, 0.05) is 10.9 Å². The van der Waals surface area contributed by atoms with E-state index in [9.17, 15) is 10.2 Å². The van der Waals surface area contributed by atoms with Crippen LogP contribution < -0.4 is 0 Å². The average Bonchev–Trinajstić information content (AvgIpc) is 2.46. The molecule has 2 N–H and O–H groups in total. The Labute approximate surface area is 132 Å². The summed E-state index contributed by atoms with van der Waals surface area (Å²) in [5.74, 6) is 0.537. The van der Waals surface area contributed by atoms with Gasteiger partial charge in [-0.3, -0.25) is 0 Å². The highest BCUT2D eigenvalue weighted by Gasteiger charge is 2.08. The molecule has 0 aliphatic heterocycles. The number of phenolic OH excluding ortho intramolecular Hbond substituents is 2. The van der Waals surface area contributed by atoms with E-state index in [1.807, 2.05) is 12.1 Å². The zero-order chi connectivity index (χ0) is 16.1. The van der Waals surface area contributed by atoms with Crippen LogP contribution in [0.3, 0.4) is 0 Å². The van der Waals surface area contributed by atoms with Gasteiger partial charge in [-0.1, -0.05) is 35.4 Å². The Kier molecular flexibility index (Phi) is 5.26. The molecule has 2 aromatic rings.